The van der Waals surface area contributed by atoms with Crippen LogP contribution in [-0.2, 0) is 4.79 Å². The molecule has 3 rings (SSSR count). The maximum absolute atomic E-state index is 13.5. The Balaban J connectivity index is 1.51. The third kappa shape index (κ3) is 4.50. The minimum absolute atomic E-state index is 0.130. The summed E-state index contributed by atoms with van der Waals surface area (Å²) in [6, 6.07) is 12.5. The maximum atomic E-state index is 13.5. The number of amides is 1. The number of aryl methyl sites for hydroxylation is 1. The third-order valence-electron chi connectivity index (χ3n) is 4.39. The van der Waals surface area contributed by atoms with Crippen molar-refractivity contribution in [2.24, 2.45) is 0 Å². The van der Waals surface area contributed by atoms with Crippen LogP contribution in [0.2, 0.25) is 5.02 Å². The number of nitrogens with one attached hydrogen (secondary N) is 1. The highest BCUT2D eigenvalue weighted by Crippen LogP contribution is 2.26. The van der Waals surface area contributed by atoms with Gasteiger partial charge in [-0.1, -0.05) is 29.8 Å². The number of para-hydroxylation sites is 1. The van der Waals surface area contributed by atoms with E-state index in [1.165, 1.54) is 6.07 Å². The van der Waals surface area contributed by atoms with Crippen molar-refractivity contribution < 1.29 is 9.18 Å². The first-order chi connectivity index (χ1) is 12.0. The van der Waals surface area contributed by atoms with Crippen molar-refractivity contribution in [3.8, 4) is 0 Å². The Kier molecular flexibility index (Phi) is 5.56. The normalized spacial score (nSPS) is 15.2. The lowest BCUT2D eigenvalue weighted by Crippen LogP contribution is -2.48. The molecule has 1 amide bonds. The molecule has 1 saturated heterocycles. The molecular weight excluding hydrogens is 341 g/mol. The molecule has 132 valence electrons. The van der Waals surface area contributed by atoms with Gasteiger partial charge in [-0.3, -0.25) is 9.69 Å². The highest BCUT2D eigenvalue weighted by Gasteiger charge is 2.20. The number of nitrogens with zero attached hydrogens (tertiary/aromatic N) is 2. The maximum Gasteiger partial charge on any atom is 0.238 e. The summed E-state index contributed by atoms with van der Waals surface area (Å²) in [7, 11) is 0. The van der Waals surface area contributed by atoms with E-state index in [0.717, 1.165) is 36.9 Å². The number of piperazine rings is 1. The lowest BCUT2D eigenvalue weighted by Gasteiger charge is -2.36. The lowest BCUT2D eigenvalue weighted by molar-refractivity contribution is -0.117. The fraction of sp³-hybridized carbons (Fsp3) is 0.316. The summed E-state index contributed by atoms with van der Waals surface area (Å²) >= 11 is 6.24. The first-order valence-electron chi connectivity index (χ1n) is 8.31. The van der Waals surface area contributed by atoms with Gasteiger partial charge in [0, 0.05) is 31.9 Å². The van der Waals surface area contributed by atoms with E-state index in [4.69, 9.17) is 11.6 Å². The molecule has 1 N–H and O–H groups in total. The largest absolute Gasteiger partial charge is 0.368 e. The Hall–Kier alpha value is -2.11. The predicted octanol–water partition coefficient (Wildman–Crippen LogP) is 3.55. The Morgan fingerprint density at radius 2 is 1.88 bits per heavy atom. The molecule has 1 aliphatic rings. The van der Waals surface area contributed by atoms with Crippen LogP contribution in [0.3, 0.4) is 0 Å². The van der Waals surface area contributed by atoms with Gasteiger partial charge in [0.1, 0.15) is 5.82 Å². The van der Waals surface area contributed by atoms with Gasteiger partial charge in [0.15, 0.2) is 0 Å². The molecule has 2 aromatic rings. The van der Waals surface area contributed by atoms with Crippen molar-refractivity contribution in [3.05, 3.63) is 58.9 Å². The van der Waals surface area contributed by atoms with Crippen LogP contribution in [-0.4, -0.2) is 43.5 Å². The molecule has 0 bridgehead atoms. The van der Waals surface area contributed by atoms with Crippen LogP contribution in [0.5, 0.6) is 0 Å². The van der Waals surface area contributed by atoms with Crippen LogP contribution in [0.1, 0.15) is 5.56 Å². The minimum atomic E-state index is -0.314. The van der Waals surface area contributed by atoms with E-state index in [1.807, 2.05) is 24.3 Å². The van der Waals surface area contributed by atoms with Crippen molar-refractivity contribution in [3.63, 3.8) is 0 Å². The average molecular weight is 362 g/mol. The van der Waals surface area contributed by atoms with Crippen molar-refractivity contribution in [1.29, 1.82) is 0 Å². The fourth-order valence-corrected chi connectivity index (χ4v) is 3.18. The number of halogens is 2. The number of carbonyl (C=O) groups excluding carboxylic acids is 1. The summed E-state index contributed by atoms with van der Waals surface area (Å²) in [5.74, 6) is -0.444. The van der Waals surface area contributed by atoms with E-state index in [9.17, 15) is 9.18 Å². The van der Waals surface area contributed by atoms with Gasteiger partial charge >= 0.3 is 0 Å². The molecular formula is C19H21ClFN3O. The van der Waals surface area contributed by atoms with Gasteiger partial charge in [-0.2, -0.15) is 0 Å². The highest BCUT2D eigenvalue weighted by molar-refractivity contribution is 6.33. The number of benzene rings is 2. The Bertz CT molecular complexity index is 760. The molecule has 0 aliphatic carbocycles. The second-order valence-electron chi connectivity index (χ2n) is 6.23. The van der Waals surface area contributed by atoms with E-state index in [-0.39, 0.29) is 11.7 Å². The van der Waals surface area contributed by atoms with Crippen LogP contribution in [0.25, 0.3) is 0 Å². The van der Waals surface area contributed by atoms with Crippen LogP contribution >= 0.6 is 11.6 Å². The summed E-state index contributed by atoms with van der Waals surface area (Å²) in [6.45, 7) is 5.18. The first kappa shape index (κ1) is 17.7. The van der Waals surface area contributed by atoms with Gasteiger partial charge in [-0.25, -0.2) is 4.39 Å². The highest BCUT2D eigenvalue weighted by atomic mass is 35.5. The van der Waals surface area contributed by atoms with Gasteiger partial charge in [-0.15, -0.1) is 0 Å². The molecule has 0 unspecified atom stereocenters. The minimum Gasteiger partial charge on any atom is -0.368 e. The monoisotopic (exact) mass is 361 g/mol. The van der Waals surface area contributed by atoms with Crippen molar-refractivity contribution >= 4 is 28.9 Å². The Labute approximate surface area is 152 Å². The van der Waals surface area contributed by atoms with Crippen LogP contribution in [0, 0.1) is 12.7 Å². The molecule has 6 heteroatoms. The zero-order chi connectivity index (χ0) is 17.8. The Morgan fingerprint density at radius 3 is 2.56 bits per heavy atom. The predicted molar refractivity (Wildman–Crippen MR) is 99.9 cm³/mol. The van der Waals surface area contributed by atoms with E-state index < -0.39 is 0 Å². The number of carbonyl (C=O) groups is 1. The molecule has 1 aliphatic heterocycles. The van der Waals surface area contributed by atoms with Crippen molar-refractivity contribution in [1.82, 2.24) is 4.90 Å². The summed E-state index contributed by atoms with van der Waals surface area (Å²) in [6.07, 6.45) is 0. The zero-order valence-electron chi connectivity index (χ0n) is 14.1. The van der Waals surface area contributed by atoms with Crippen molar-refractivity contribution in [2.45, 2.75) is 6.92 Å². The number of anilines is 2. The summed E-state index contributed by atoms with van der Waals surface area (Å²) in [5.41, 5.74) is 2.08. The smallest absolute Gasteiger partial charge is 0.238 e. The quantitative estimate of drug-likeness (QED) is 0.904. The number of hydrogen-bond donors (Lipinski definition) is 1. The van der Waals surface area contributed by atoms with Gasteiger partial charge in [0.2, 0.25) is 5.91 Å². The fourth-order valence-electron chi connectivity index (χ4n) is 2.93. The summed E-state index contributed by atoms with van der Waals surface area (Å²) in [4.78, 5) is 16.5. The van der Waals surface area contributed by atoms with E-state index >= 15 is 0 Å². The van der Waals surface area contributed by atoms with Gasteiger partial charge < -0.3 is 10.2 Å². The number of rotatable bonds is 4. The molecule has 0 aromatic heterocycles. The second kappa shape index (κ2) is 7.85. The van der Waals surface area contributed by atoms with Crippen LogP contribution in [0.4, 0.5) is 15.8 Å². The second-order valence-corrected chi connectivity index (χ2v) is 6.63. The molecule has 4 nitrogen and oxygen atoms in total. The Morgan fingerprint density at radius 1 is 1.16 bits per heavy atom. The molecule has 1 fully saturated rings. The van der Waals surface area contributed by atoms with E-state index in [2.05, 4.69) is 15.1 Å². The molecule has 1 heterocycles. The number of hydrogen-bond acceptors (Lipinski definition) is 3. The van der Waals surface area contributed by atoms with Crippen molar-refractivity contribution in [2.75, 3.05) is 42.9 Å². The van der Waals surface area contributed by atoms with Crippen LogP contribution < -0.4 is 10.2 Å². The third-order valence-corrected chi connectivity index (χ3v) is 4.71. The molecule has 0 saturated carbocycles. The molecule has 2 aromatic carbocycles. The molecule has 0 radical (unpaired) electrons. The first-order valence-corrected chi connectivity index (χ1v) is 8.68. The van der Waals surface area contributed by atoms with Crippen LogP contribution in [0.15, 0.2) is 42.5 Å². The average Bonchev–Trinajstić information content (AvgIpc) is 2.59. The van der Waals surface area contributed by atoms with E-state index in [0.29, 0.717) is 17.8 Å². The summed E-state index contributed by atoms with van der Waals surface area (Å²) in [5, 5.41) is 3.50. The van der Waals surface area contributed by atoms with Gasteiger partial charge in [0.25, 0.3) is 0 Å². The van der Waals surface area contributed by atoms with Gasteiger partial charge in [-0.05, 0) is 36.8 Å². The SMILES string of the molecule is Cc1ccc(NC(=O)CN2CCN(c3ccccc3Cl)CC2)cc1F. The topological polar surface area (TPSA) is 35.6 Å². The molecule has 0 atom stereocenters. The van der Waals surface area contributed by atoms with Gasteiger partial charge in [0.05, 0.1) is 17.3 Å². The standard InChI is InChI=1S/C19H21ClFN3O/c1-14-6-7-15(12-17(14)21)22-19(25)13-23-8-10-24(11-9-23)18-5-3-2-4-16(18)20/h2-7,12H,8-11,13H2,1H3,(H,22,25). The lowest BCUT2D eigenvalue weighted by atomic mass is 10.2. The molecule has 25 heavy (non-hydrogen) atoms. The van der Waals surface area contributed by atoms with E-state index in [1.54, 1.807) is 19.1 Å². The summed E-state index contributed by atoms with van der Waals surface area (Å²) < 4.78 is 13.5. The molecule has 0 spiro atoms. The zero-order valence-corrected chi connectivity index (χ0v) is 14.9.